The van der Waals surface area contributed by atoms with E-state index < -0.39 is 0 Å². The van der Waals surface area contributed by atoms with Crippen LogP contribution < -0.4 is 0 Å². The fourth-order valence-corrected chi connectivity index (χ4v) is 1.28. The number of hydrogen-bond acceptors (Lipinski definition) is 1. The van der Waals surface area contributed by atoms with Crippen LogP contribution in [0.25, 0.3) is 0 Å². The summed E-state index contributed by atoms with van der Waals surface area (Å²) in [5.74, 6) is 0.294. The first-order valence-electron chi connectivity index (χ1n) is 3.76. The molecule has 0 N–H and O–H groups in total. The molecule has 1 amide bonds. The average molecular weight is 141 g/mol. The summed E-state index contributed by atoms with van der Waals surface area (Å²) in [4.78, 5) is 13.2. The largest absolute Gasteiger partial charge is 0.339 e. The summed E-state index contributed by atoms with van der Waals surface area (Å²) < 4.78 is 0. The minimum Gasteiger partial charge on any atom is -0.339 e. The summed E-state index contributed by atoms with van der Waals surface area (Å²) in [5, 5.41) is 0. The molecule has 1 fully saturated rings. The van der Waals surface area contributed by atoms with Crippen LogP contribution in [-0.4, -0.2) is 23.4 Å². The van der Waals surface area contributed by atoms with Crippen molar-refractivity contribution < 1.29 is 4.79 Å². The Hall–Kier alpha value is -0.530. The van der Waals surface area contributed by atoms with Gasteiger partial charge in [-0.05, 0) is 27.7 Å². The van der Waals surface area contributed by atoms with Crippen molar-refractivity contribution in [1.29, 1.82) is 0 Å². The molecular formula is C8H15NO. The van der Waals surface area contributed by atoms with Gasteiger partial charge >= 0.3 is 0 Å². The molecule has 0 saturated carbocycles. The molecule has 1 aliphatic rings. The zero-order valence-corrected chi connectivity index (χ0v) is 7.14. The minimum absolute atomic E-state index is 0.0791. The third-order valence-corrected chi connectivity index (χ3v) is 2.03. The smallest absolute Gasteiger partial charge is 0.230 e. The highest BCUT2D eigenvalue weighted by Gasteiger charge is 2.44. The first-order chi connectivity index (χ1) is 4.45. The number of amides is 1. The number of nitrogens with zero attached hydrogens (tertiary/aromatic N) is 1. The van der Waals surface area contributed by atoms with E-state index in [0.717, 1.165) is 6.54 Å². The van der Waals surface area contributed by atoms with Crippen LogP contribution in [0.3, 0.4) is 0 Å². The third kappa shape index (κ3) is 0.917. The van der Waals surface area contributed by atoms with Crippen LogP contribution in [0.15, 0.2) is 0 Å². The average Bonchev–Trinajstić information content (AvgIpc) is 1.82. The monoisotopic (exact) mass is 141 g/mol. The number of hydrogen-bond donors (Lipinski definition) is 0. The quantitative estimate of drug-likeness (QED) is 0.503. The van der Waals surface area contributed by atoms with Gasteiger partial charge in [-0.3, -0.25) is 4.79 Å². The van der Waals surface area contributed by atoms with E-state index in [1.165, 1.54) is 0 Å². The van der Waals surface area contributed by atoms with E-state index in [4.69, 9.17) is 0 Å². The Morgan fingerprint density at radius 3 is 2.10 bits per heavy atom. The van der Waals surface area contributed by atoms with Crippen molar-refractivity contribution in [3.05, 3.63) is 0 Å². The van der Waals surface area contributed by atoms with Gasteiger partial charge in [-0.1, -0.05) is 0 Å². The van der Waals surface area contributed by atoms with Crippen molar-refractivity contribution in [1.82, 2.24) is 4.90 Å². The molecule has 0 spiro atoms. The zero-order valence-electron chi connectivity index (χ0n) is 7.14. The standard InChI is InChI=1S/C8H15NO/c1-6(2)9-5-8(3,4)7(9)10/h6H,5H2,1-4H3. The molecule has 1 saturated heterocycles. The molecule has 1 heterocycles. The summed E-state index contributed by atoms with van der Waals surface area (Å²) in [6.07, 6.45) is 0. The first-order valence-corrected chi connectivity index (χ1v) is 3.76. The number of β-lactam (4-membered cyclic amide) rings is 1. The van der Waals surface area contributed by atoms with Crippen molar-refractivity contribution >= 4 is 5.91 Å². The van der Waals surface area contributed by atoms with Crippen molar-refractivity contribution in [3.63, 3.8) is 0 Å². The summed E-state index contributed by atoms with van der Waals surface area (Å²) in [6.45, 7) is 9.01. The Kier molecular flexibility index (Phi) is 1.50. The molecule has 2 nitrogen and oxygen atoms in total. The lowest BCUT2D eigenvalue weighted by Crippen LogP contribution is -2.60. The van der Waals surface area contributed by atoms with Gasteiger partial charge < -0.3 is 4.90 Å². The van der Waals surface area contributed by atoms with E-state index in [1.807, 2.05) is 32.6 Å². The molecular weight excluding hydrogens is 126 g/mol. The van der Waals surface area contributed by atoms with Crippen LogP contribution in [0.2, 0.25) is 0 Å². The Labute approximate surface area is 62.2 Å². The van der Waals surface area contributed by atoms with Crippen LogP contribution in [-0.2, 0) is 4.79 Å². The SMILES string of the molecule is CC(C)N1CC(C)(C)C1=O. The van der Waals surface area contributed by atoms with Crippen molar-refractivity contribution in [2.75, 3.05) is 6.54 Å². The molecule has 2 heteroatoms. The van der Waals surface area contributed by atoms with Gasteiger partial charge in [-0.25, -0.2) is 0 Å². The Morgan fingerprint density at radius 2 is 2.00 bits per heavy atom. The van der Waals surface area contributed by atoms with Crippen molar-refractivity contribution in [2.45, 2.75) is 33.7 Å². The summed E-state index contributed by atoms with van der Waals surface area (Å²) >= 11 is 0. The molecule has 0 radical (unpaired) electrons. The van der Waals surface area contributed by atoms with Gasteiger partial charge in [0.2, 0.25) is 5.91 Å². The van der Waals surface area contributed by atoms with Gasteiger partial charge in [0.25, 0.3) is 0 Å². The molecule has 0 atom stereocenters. The van der Waals surface area contributed by atoms with Crippen molar-refractivity contribution in [2.24, 2.45) is 5.41 Å². The van der Waals surface area contributed by atoms with Crippen LogP contribution in [0, 0.1) is 5.41 Å². The molecule has 1 aliphatic heterocycles. The molecule has 0 aliphatic carbocycles. The Bertz CT molecular complexity index is 161. The van der Waals surface area contributed by atoms with Crippen LogP contribution in [0.5, 0.6) is 0 Å². The van der Waals surface area contributed by atoms with Crippen LogP contribution >= 0.6 is 0 Å². The van der Waals surface area contributed by atoms with E-state index in [1.54, 1.807) is 0 Å². The molecule has 1 rings (SSSR count). The lowest BCUT2D eigenvalue weighted by molar-refractivity contribution is -0.159. The fourth-order valence-electron chi connectivity index (χ4n) is 1.28. The van der Waals surface area contributed by atoms with Gasteiger partial charge in [0.15, 0.2) is 0 Å². The maximum atomic E-state index is 11.3. The van der Waals surface area contributed by atoms with Gasteiger partial charge in [-0.15, -0.1) is 0 Å². The topological polar surface area (TPSA) is 20.3 Å². The van der Waals surface area contributed by atoms with E-state index in [0.29, 0.717) is 11.9 Å². The van der Waals surface area contributed by atoms with E-state index in [-0.39, 0.29) is 5.41 Å². The number of rotatable bonds is 1. The van der Waals surface area contributed by atoms with E-state index in [2.05, 4.69) is 0 Å². The predicted octanol–water partition coefficient (Wildman–Crippen LogP) is 1.26. The van der Waals surface area contributed by atoms with Crippen molar-refractivity contribution in [3.8, 4) is 0 Å². The van der Waals surface area contributed by atoms with Crippen LogP contribution in [0.1, 0.15) is 27.7 Å². The first kappa shape index (κ1) is 7.58. The number of likely N-dealkylation sites (tertiary alicyclic amines) is 1. The maximum Gasteiger partial charge on any atom is 0.230 e. The molecule has 0 aromatic rings. The highest BCUT2D eigenvalue weighted by atomic mass is 16.2. The molecule has 0 aromatic heterocycles. The summed E-state index contributed by atoms with van der Waals surface area (Å²) in [6, 6.07) is 0.375. The highest BCUT2D eigenvalue weighted by Crippen LogP contribution is 2.31. The second-order valence-corrected chi connectivity index (χ2v) is 3.91. The Balaban J connectivity index is 2.55. The lowest BCUT2D eigenvalue weighted by atomic mass is 9.82. The zero-order chi connectivity index (χ0) is 7.94. The summed E-state index contributed by atoms with van der Waals surface area (Å²) in [7, 11) is 0. The second-order valence-electron chi connectivity index (χ2n) is 3.91. The van der Waals surface area contributed by atoms with E-state index >= 15 is 0 Å². The number of carbonyl (C=O) groups excluding carboxylic acids is 1. The highest BCUT2D eigenvalue weighted by molar-refractivity contribution is 5.88. The summed E-state index contributed by atoms with van der Waals surface area (Å²) in [5.41, 5.74) is -0.0791. The molecule has 58 valence electrons. The van der Waals surface area contributed by atoms with Gasteiger partial charge in [0.05, 0.1) is 5.41 Å². The maximum absolute atomic E-state index is 11.3. The predicted molar refractivity (Wildman–Crippen MR) is 40.6 cm³/mol. The van der Waals surface area contributed by atoms with Crippen LogP contribution in [0.4, 0.5) is 0 Å². The molecule has 0 aromatic carbocycles. The van der Waals surface area contributed by atoms with Gasteiger partial charge in [0.1, 0.15) is 0 Å². The lowest BCUT2D eigenvalue weighted by Gasteiger charge is -2.47. The second kappa shape index (κ2) is 1.97. The van der Waals surface area contributed by atoms with Gasteiger partial charge in [0, 0.05) is 12.6 Å². The number of carbonyl (C=O) groups is 1. The molecule has 0 bridgehead atoms. The fraction of sp³-hybridized carbons (Fsp3) is 0.875. The third-order valence-electron chi connectivity index (χ3n) is 2.03. The van der Waals surface area contributed by atoms with Gasteiger partial charge in [-0.2, -0.15) is 0 Å². The Morgan fingerprint density at radius 1 is 1.50 bits per heavy atom. The normalized spacial score (nSPS) is 23.3. The van der Waals surface area contributed by atoms with E-state index in [9.17, 15) is 4.79 Å². The molecule has 10 heavy (non-hydrogen) atoms. The molecule has 0 unspecified atom stereocenters. The minimum atomic E-state index is -0.0791.